The third kappa shape index (κ3) is 5.67. The maximum atomic E-state index is 12.9. The number of amides is 1. The van der Waals surface area contributed by atoms with Crippen LogP contribution in [-0.4, -0.2) is 50.4 Å². The Balaban J connectivity index is 1.81. The quantitative estimate of drug-likeness (QED) is 0.581. The summed E-state index contributed by atoms with van der Waals surface area (Å²) < 4.78 is 5.47. The van der Waals surface area contributed by atoms with Crippen molar-refractivity contribution in [2.75, 3.05) is 13.2 Å². The van der Waals surface area contributed by atoms with Gasteiger partial charge in [0, 0.05) is 6.54 Å². The molecule has 2 aromatic rings. The Hall–Kier alpha value is -2.72. The number of aryl methyl sites for hydroxylation is 1. The average Bonchev–Trinajstić information content (AvgIpc) is 3.28. The molecule has 30 heavy (non-hydrogen) atoms. The summed E-state index contributed by atoms with van der Waals surface area (Å²) >= 11 is 2.73. The number of nitrogens with zero attached hydrogens (tertiary/aromatic N) is 4. The third-order valence-corrected chi connectivity index (χ3v) is 5.99. The Morgan fingerprint density at radius 2 is 2.17 bits per heavy atom. The summed E-state index contributed by atoms with van der Waals surface area (Å²) in [4.78, 5) is 30.3. The Kier molecular flexibility index (Phi) is 7.58. The molecule has 1 aromatic heterocycles. The van der Waals surface area contributed by atoms with Gasteiger partial charge in [0.1, 0.15) is 10.8 Å². The molecule has 1 aliphatic heterocycles. The number of hydrogen-bond acceptors (Lipinski definition) is 8. The first kappa shape index (κ1) is 22.0. The molecule has 0 saturated carbocycles. The van der Waals surface area contributed by atoms with Crippen LogP contribution in [0.2, 0.25) is 0 Å². The fourth-order valence-corrected chi connectivity index (χ4v) is 4.34. The van der Waals surface area contributed by atoms with Crippen LogP contribution >= 0.6 is 23.1 Å². The second-order valence-electron chi connectivity index (χ2n) is 6.36. The fraction of sp³-hybridized carbons (Fsp3) is 0.350. The van der Waals surface area contributed by atoms with Crippen molar-refractivity contribution in [3.63, 3.8) is 0 Å². The van der Waals surface area contributed by atoms with E-state index in [4.69, 9.17) is 9.84 Å². The lowest BCUT2D eigenvalue weighted by molar-refractivity contribution is -0.137. The summed E-state index contributed by atoms with van der Waals surface area (Å²) in [5.74, 6) is -0.454. The lowest BCUT2D eigenvalue weighted by atomic mass is 10.2. The van der Waals surface area contributed by atoms with Gasteiger partial charge in [-0.25, -0.2) is 0 Å². The van der Waals surface area contributed by atoms with Crippen molar-refractivity contribution >= 4 is 51.4 Å². The van der Waals surface area contributed by atoms with Crippen molar-refractivity contribution in [2.45, 2.75) is 33.1 Å². The van der Waals surface area contributed by atoms with E-state index < -0.39 is 5.97 Å². The highest BCUT2D eigenvalue weighted by Gasteiger charge is 2.33. The molecule has 1 aliphatic rings. The molecule has 0 spiro atoms. The van der Waals surface area contributed by atoms with Crippen LogP contribution in [0.5, 0.6) is 5.75 Å². The molecule has 2 heterocycles. The largest absolute Gasteiger partial charge is 0.493 e. The number of aliphatic imine (C=N–C) groups is 1. The van der Waals surface area contributed by atoms with E-state index in [1.165, 1.54) is 23.1 Å². The number of carboxylic acids is 1. The predicted molar refractivity (Wildman–Crippen MR) is 118 cm³/mol. The average molecular weight is 447 g/mol. The molecule has 1 amide bonds. The minimum Gasteiger partial charge on any atom is -0.493 e. The monoisotopic (exact) mass is 446 g/mol. The van der Waals surface area contributed by atoms with Gasteiger partial charge in [-0.05, 0) is 48.4 Å². The van der Waals surface area contributed by atoms with E-state index in [9.17, 15) is 9.59 Å². The first-order valence-corrected chi connectivity index (χ1v) is 11.2. The van der Waals surface area contributed by atoms with Crippen LogP contribution in [0.3, 0.4) is 0 Å². The van der Waals surface area contributed by atoms with E-state index in [0.717, 1.165) is 23.4 Å². The molecule has 1 N–H and O–H groups in total. The number of carbonyl (C=O) groups is 2. The molecule has 0 bridgehead atoms. The normalized spacial score (nSPS) is 16.6. The number of amidine groups is 1. The number of aromatic nitrogens is 2. The number of benzene rings is 1. The van der Waals surface area contributed by atoms with E-state index >= 15 is 0 Å². The standard InChI is InChI=1S/C20H22N4O4S2/c1-3-9-24-18(27)15(29-20(24)21-19-23-22-16(4-2)30-19)12-13-6-5-7-14(11-13)28-10-8-17(25)26/h5-7,11-12H,3-4,8-10H2,1-2H3,(H,25,26)/b15-12+,21-20+. The number of ether oxygens (including phenoxy) is 1. The Labute approximate surface area is 182 Å². The Morgan fingerprint density at radius 1 is 1.33 bits per heavy atom. The van der Waals surface area contributed by atoms with Crippen LogP contribution in [0.25, 0.3) is 6.08 Å². The van der Waals surface area contributed by atoms with Crippen molar-refractivity contribution in [3.8, 4) is 5.75 Å². The summed E-state index contributed by atoms with van der Waals surface area (Å²) in [5, 5.41) is 18.9. The first-order valence-electron chi connectivity index (χ1n) is 9.57. The maximum absolute atomic E-state index is 12.9. The molecular weight excluding hydrogens is 424 g/mol. The predicted octanol–water partition coefficient (Wildman–Crippen LogP) is 3.97. The minimum atomic E-state index is -0.912. The second kappa shape index (κ2) is 10.4. The number of carbonyl (C=O) groups excluding carboxylic acids is 1. The molecule has 158 valence electrons. The Morgan fingerprint density at radius 3 is 2.87 bits per heavy atom. The van der Waals surface area contributed by atoms with Gasteiger partial charge >= 0.3 is 5.97 Å². The Bertz CT molecular complexity index is 987. The van der Waals surface area contributed by atoms with Crippen molar-refractivity contribution in [3.05, 3.63) is 39.7 Å². The van der Waals surface area contributed by atoms with Crippen molar-refractivity contribution < 1.29 is 19.4 Å². The lowest BCUT2D eigenvalue weighted by Crippen LogP contribution is -2.29. The van der Waals surface area contributed by atoms with Gasteiger partial charge in [0.25, 0.3) is 5.91 Å². The number of hydrogen-bond donors (Lipinski definition) is 1. The zero-order valence-corrected chi connectivity index (χ0v) is 18.3. The molecule has 3 rings (SSSR count). The van der Waals surface area contributed by atoms with Crippen LogP contribution in [0.15, 0.2) is 34.2 Å². The summed E-state index contributed by atoms with van der Waals surface area (Å²) in [6, 6.07) is 7.20. The van der Waals surface area contributed by atoms with Crippen molar-refractivity contribution in [2.24, 2.45) is 4.99 Å². The first-order chi connectivity index (χ1) is 14.5. The van der Waals surface area contributed by atoms with Crippen LogP contribution in [-0.2, 0) is 16.0 Å². The van der Waals surface area contributed by atoms with Gasteiger partial charge in [-0.1, -0.05) is 37.3 Å². The smallest absolute Gasteiger partial charge is 0.306 e. The molecule has 0 unspecified atom stereocenters. The summed E-state index contributed by atoms with van der Waals surface area (Å²) in [6.07, 6.45) is 3.32. The third-order valence-electron chi connectivity index (χ3n) is 4.03. The molecule has 10 heteroatoms. The number of rotatable bonds is 9. The highest BCUT2D eigenvalue weighted by atomic mass is 32.2. The lowest BCUT2D eigenvalue weighted by Gasteiger charge is -2.13. The summed E-state index contributed by atoms with van der Waals surface area (Å²) in [7, 11) is 0. The highest BCUT2D eigenvalue weighted by Crippen LogP contribution is 2.35. The zero-order valence-electron chi connectivity index (χ0n) is 16.7. The van der Waals surface area contributed by atoms with E-state index in [2.05, 4.69) is 15.2 Å². The summed E-state index contributed by atoms with van der Waals surface area (Å²) in [6.45, 7) is 4.68. The molecular formula is C20H22N4O4S2. The van der Waals surface area contributed by atoms with Crippen LogP contribution in [0.4, 0.5) is 5.13 Å². The van der Waals surface area contributed by atoms with Crippen LogP contribution in [0, 0.1) is 0 Å². The van der Waals surface area contributed by atoms with Gasteiger partial charge in [0.2, 0.25) is 5.13 Å². The molecule has 0 atom stereocenters. The van der Waals surface area contributed by atoms with Gasteiger partial charge in [-0.3, -0.25) is 14.5 Å². The highest BCUT2D eigenvalue weighted by molar-refractivity contribution is 8.18. The SMILES string of the molecule is CCCN1C(=O)/C(=C\c2cccc(OCCC(=O)O)c2)S/C1=N/c1nnc(CC)s1. The van der Waals surface area contributed by atoms with Gasteiger partial charge < -0.3 is 9.84 Å². The maximum Gasteiger partial charge on any atom is 0.306 e. The second-order valence-corrected chi connectivity index (χ2v) is 8.41. The minimum absolute atomic E-state index is 0.0726. The molecule has 1 saturated heterocycles. The van der Waals surface area contributed by atoms with Crippen LogP contribution in [0.1, 0.15) is 37.3 Å². The molecule has 0 aliphatic carbocycles. The number of carboxylic acid groups (broad SMARTS) is 1. The van der Waals surface area contributed by atoms with Gasteiger partial charge in [0.15, 0.2) is 5.17 Å². The zero-order chi connectivity index (χ0) is 21.5. The number of aliphatic carboxylic acids is 1. The van der Waals surface area contributed by atoms with E-state index in [-0.39, 0.29) is 18.9 Å². The van der Waals surface area contributed by atoms with Crippen LogP contribution < -0.4 is 4.74 Å². The van der Waals surface area contributed by atoms with Crippen molar-refractivity contribution in [1.29, 1.82) is 0 Å². The molecule has 0 radical (unpaired) electrons. The van der Waals surface area contributed by atoms with Gasteiger partial charge in [0.05, 0.1) is 17.9 Å². The molecule has 8 nitrogen and oxygen atoms in total. The van der Waals surface area contributed by atoms with E-state index in [1.807, 2.05) is 19.9 Å². The van der Waals surface area contributed by atoms with Gasteiger partial charge in [-0.2, -0.15) is 4.99 Å². The topological polar surface area (TPSA) is 105 Å². The molecule has 1 fully saturated rings. The summed E-state index contributed by atoms with van der Waals surface area (Å²) in [5.41, 5.74) is 0.792. The molecule has 1 aromatic carbocycles. The van der Waals surface area contributed by atoms with Crippen molar-refractivity contribution in [1.82, 2.24) is 15.1 Å². The van der Waals surface area contributed by atoms with Gasteiger partial charge in [-0.15, -0.1) is 10.2 Å². The number of thioether (sulfide) groups is 1. The van der Waals surface area contributed by atoms with E-state index in [0.29, 0.717) is 27.5 Å². The fourth-order valence-electron chi connectivity index (χ4n) is 2.63. The van der Waals surface area contributed by atoms with E-state index in [1.54, 1.807) is 29.2 Å².